The molecule has 2 aromatic rings. The maximum Gasteiger partial charge on any atom is 0.143 e. The van der Waals surface area contributed by atoms with Crippen molar-refractivity contribution >= 4 is 0 Å². The molecule has 1 aliphatic heterocycles. The quantitative estimate of drug-likeness (QED) is 0.942. The van der Waals surface area contributed by atoms with Crippen LogP contribution >= 0.6 is 0 Å². The lowest BCUT2D eigenvalue weighted by molar-refractivity contribution is 0.0615. The number of methoxy groups -OCH3 is 1. The summed E-state index contributed by atoms with van der Waals surface area (Å²) in [7, 11) is 1.62. The zero-order valence-corrected chi connectivity index (χ0v) is 11.9. The highest BCUT2D eigenvalue weighted by atomic mass is 16.5. The monoisotopic (exact) mass is 286 g/mol. The Kier molecular flexibility index (Phi) is 2.89. The summed E-state index contributed by atoms with van der Waals surface area (Å²) in [6.07, 6.45) is 5.97. The highest BCUT2D eigenvalue weighted by Crippen LogP contribution is 2.44. The molecule has 1 aliphatic carbocycles. The SMILES string of the molecule is COc1ccc2c(c1)[C@H](O)CC(c1cncn1C1CC1)O2. The van der Waals surface area contributed by atoms with Crippen LogP contribution in [0.15, 0.2) is 30.7 Å². The van der Waals surface area contributed by atoms with Crippen molar-refractivity contribution < 1.29 is 14.6 Å². The fourth-order valence-electron chi connectivity index (χ4n) is 2.96. The van der Waals surface area contributed by atoms with Crippen molar-refractivity contribution in [2.45, 2.75) is 37.5 Å². The van der Waals surface area contributed by atoms with Crippen molar-refractivity contribution in [2.24, 2.45) is 0 Å². The predicted octanol–water partition coefficient (Wildman–Crippen LogP) is 2.78. The van der Waals surface area contributed by atoms with Crippen LogP contribution in [0.2, 0.25) is 0 Å². The van der Waals surface area contributed by atoms with Gasteiger partial charge < -0.3 is 19.1 Å². The second-order valence-corrected chi connectivity index (χ2v) is 5.72. The lowest BCUT2D eigenvalue weighted by Crippen LogP contribution is -2.21. The van der Waals surface area contributed by atoms with Crippen molar-refractivity contribution in [1.82, 2.24) is 9.55 Å². The van der Waals surface area contributed by atoms with E-state index in [1.54, 1.807) is 7.11 Å². The predicted molar refractivity (Wildman–Crippen MR) is 76.4 cm³/mol. The summed E-state index contributed by atoms with van der Waals surface area (Å²) < 4.78 is 13.5. The maximum absolute atomic E-state index is 10.4. The van der Waals surface area contributed by atoms with Crippen LogP contribution in [0.4, 0.5) is 0 Å². The van der Waals surface area contributed by atoms with E-state index in [-0.39, 0.29) is 6.10 Å². The third-order valence-corrected chi connectivity index (χ3v) is 4.25. The Balaban J connectivity index is 1.66. The number of aliphatic hydroxyl groups is 1. The van der Waals surface area contributed by atoms with E-state index in [2.05, 4.69) is 9.55 Å². The van der Waals surface area contributed by atoms with Crippen LogP contribution in [-0.2, 0) is 0 Å². The second kappa shape index (κ2) is 4.77. The molecular weight excluding hydrogens is 268 g/mol. The summed E-state index contributed by atoms with van der Waals surface area (Å²) in [5.41, 5.74) is 1.85. The number of benzene rings is 1. The third-order valence-electron chi connectivity index (χ3n) is 4.25. The van der Waals surface area contributed by atoms with Crippen LogP contribution in [0.5, 0.6) is 11.5 Å². The number of hydrogen-bond acceptors (Lipinski definition) is 4. The van der Waals surface area contributed by atoms with Gasteiger partial charge in [-0.1, -0.05) is 0 Å². The zero-order chi connectivity index (χ0) is 14.4. The fraction of sp³-hybridized carbons (Fsp3) is 0.438. The molecule has 0 saturated heterocycles. The van der Waals surface area contributed by atoms with Gasteiger partial charge in [-0.25, -0.2) is 4.98 Å². The van der Waals surface area contributed by atoms with Gasteiger partial charge in [0.05, 0.1) is 31.4 Å². The molecule has 5 nitrogen and oxygen atoms in total. The molecule has 1 fully saturated rings. The first-order valence-corrected chi connectivity index (χ1v) is 7.30. The van der Waals surface area contributed by atoms with Crippen LogP contribution < -0.4 is 9.47 Å². The largest absolute Gasteiger partial charge is 0.497 e. The van der Waals surface area contributed by atoms with Gasteiger partial charge in [-0.15, -0.1) is 0 Å². The van der Waals surface area contributed by atoms with Crippen LogP contribution in [-0.4, -0.2) is 21.8 Å². The first-order chi connectivity index (χ1) is 10.3. The smallest absolute Gasteiger partial charge is 0.143 e. The van der Waals surface area contributed by atoms with Crippen LogP contribution in [0.25, 0.3) is 0 Å². The molecule has 5 heteroatoms. The molecule has 2 atom stereocenters. The number of aliphatic hydroxyl groups excluding tert-OH is 1. The van der Waals surface area contributed by atoms with E-state index in [1.165, 1.54) is 12.8 Å². The Hall–Kier alpha value is -2.01. The average molecular weight is 286 g/mol. The lowest BCUT2D eigenvalue weighted by atomic mass is 9.97. The fourth-order valence-corrected chi connectivity index (χ4v) is 2.96. The van der Waals surface area contributed by atoms with Gasteiger partial charge in [0.2, 0.25) is 0 Å². The summed E-state index contributed by atoms with van der Waals surface area (Å²) in [6, 6.07) is 6.11. The molecule has 110 valence electrons. The van der Waals surface area contributed by atoms with Crippen LogP contribution in [0.1, 0.15) is 48.8 Å². The van der Waals surface area contributed by atoms with Gasteiger partial charge >= 0.3 is 0 Å². The average Bonchev–Trinajstić information content (AvgIpc) is 3.24. The molecule has 0 bridgehead atoms. The summed E-state index contributed by atoms with van der Waals surface area (Å²) in [4.78, 5) is 4.25. The zero-order valence-electron chi connectivity index (χ0n) is 11.9. The minimum Gasteiger partial charge on any atom is -0.497 e. The van der Waals surface area contributed by atoms with E-state index < -0.39 is 6.10 Å². The molecule has 1 aromatic heterocycles. The standard InChI is InChI=1S/C16H18N2O3/c1-20-11-4-5-15-12(6-11)14(19)7-16(21-15)13-8-17-9-18(13)10-2-3-10/h4-6,8-10,14,16,19H,2-3,7H2,1H3/t14-,16?/m1/s1. The van der Waals surface area contributed by atoms with E-state index in [4.69, 9.17) is 9.47 Å². The van der Waals surface area contributed by atoms with Gasteiger partial charge in [0.1, 0.15) is 17.6 Å². The Labute approximate surface area is 123 Å². The van der Waals surface area contributed by atoms with Crippen molar-refractivity contribution in [3.8, 4) is 11.5 Å². The molecule has 21 heavy (non-hydrogen) atoms. The number of hydrogen-bond donors (Lipinski definition) is 1. The molecular formula is C16H18N2O3. The van der Waals surface area contributed by atoms with Crippen LogP contribution in [0, 0.1) is 0 Å². The van der Waals surface area contributed by atoms with Crippen molar-refractivity contribution in [3.05, 3.63) is 42.0 Å². The van der Waals surface area contributed by atoms with Crippen molar-refractivity contribution in [2.75, 3.05) is 7.11 Å². The molecule has 1 aromatic carbocycles. The van der Waals surface area contributed by atoms with Crippen molar-refractivity contribution in [3.63, 3.8) is 0 Å². The van der Waals surface area contributed by atoms with Gasteiger partial charge in [0, 0.05) is 18.0 Å². The van der Waals surface area contributed by atoms with E-state index in [1.807, 2.05) is 30.7 Å². The van der Waals surface area contributed by atoms with Gasteiger partial charge in [-0.3, -0.25) is 0 Å². The first kappa shape index (κ1) is 12.7. The van der Waals surface area contributed by atoms with Gasteiger partial charge in [-0.2, -0.15) is 0 Å². The Bertz CT molecular complexity index is 663. The lowest BCUT2D eigenvalue weighted by Gasteiger charge is -2.30. The van der Waals surface area contributed by atoms with Gasteiger partial charge in [-0.05, 0) is 31.0 Å². The highest BCUT2D eigenvalue weighted by molar-refractivity contribution is 5.43. The van der Waals surface area contributed by atoms with E-state index >= 15 is 0 Å². The van der Waals surface area contributed by atoms with E-state index in [0.29, 0.717) is 12.5 Å². The number of rotatable bonds is 3. The number of aromatic nitrogens is 2. The normalized spacial score (nSPS) is 24.3. The van der Waals surface area contributed by atoms with Crippen LogP contribution in [0.3, 0.4) is 0 Å². The Morgan fingerprint density at radius 1 is 1.38 bits per heavy atom. The molecule has 1 unspecified atom stereocenters. The van der Waals surface area contributed by atoms with Gasteiger partial charge in [0.25, 0.3) is 0 Å². The second-order valence-electron chi connectivity index (χ2n) is 5.72. The molecule has 4 rings (SSSR count). The maximum atomic E-state index is 10.4. The molecule has 0 radical (unpaired) electrons. The summed E-state index contributed by atoms with van der Waals surface area (Å²) in [5, 5.41) is 10.4. The summed E-state index contributed by atoms with van der Waals surface area (Å²) >= 11 is 0. The van der Waals surface area contributed by atoms with Crippen molar-refractivity contribution in [1.29, 1.82) is 0 Å². The van der Waals surface area contributed by atoms with Gasteiger partial charge in [0.15, 0.2) is 0 Å². The third kappa shape index (κ3) is 2.17. The molecule has 1 N–H and O–H groups in total. The number of nitrogens with zero attached hydrogens (tertiary/aromatic N) is 2. The Morgan fingerprint density at radius 3 is 3.00 bits per heavy atom. The summed E-state index contributed by atoms with van der Waals surface area (Å²) in [6.45, 7) is 0. The number of imidazole rings is 1. The minimum atomic E-state index is -0.545. The number of ether oxygens (including phenoxy) is 2. The van der Waals surface area contributed by atoms with E-state index in [0.717, 1.165) is 22.8 Å². The summed E-state index contributed by atoms with van der Waals surface area (Å²) in [5.74, 6) is 1.46. The molecule has 0 amide bonds. The minimum absolute atomic E-state index is 0.149. The molecule has 2 aliphatic rings. The number of fused-ring (bicyclic) bond motifs is 1. The van der Waals surface area contributed by atoms with E-state index in [9.17, 15) is 5.11 Å². The molecule has 2 heterocycles. The molecule has 0 spiro atoms. The highest BCUT2D eigenvalue weighted by Gasteiger charge is 2.33. The topological polar surface area (TPSA) is 56.5 Å². The molecule has 1 saturated carbocycles. The Morgan fingerprint density at radius 2 is 2.24 bits per heavy atom. The first-order valence-electron chi connectivity index (χ1n) is 7.30.